The first-order chi connectivity index (χ1) is 9.13. The van der Waals surface area contributed by atoms with E-state index in [4.69, 9.17) is 5.26 Å². The second-order valence-corrected chi connectivity index (χ2v) is 4.45. The number of rotatable bonds is 3. The van der Waals surface area contributed by atoms with Crippen LogP contribution in [0.3, 0.4) is 0 Å². The molecule has 1 aromatic heterocycles. The predicted octanol–water partition coefficient (Wildman–Crippen LogP) is 1.86. The standard InChI is InChI=1S/C14H14N4O/c1-10(8-15)9-18(2)14(19)11-4-3-5-12-13(11)17-7-6-16-12/h3-7,10H,9H2,1-2H3. The predicted molar refractivity (Wildman–Crippen MR) is 71.3 cm³/mol. The molecular weight excluding hydrogens is 240 g/mol. The van der Waals surface area contributed by atoms with E-state index in [0.29, 0.717) is 23.1 Å². The van der Waals surface area contributed by atoms with Gasteiger partial charge >= 0.3 is 0 Å². The molecule has 1 aromatic carbocycles. The van der Waals surface area contributed by atoms with Crippen molar-refractivity contribution in [2.24, 2.45) is 5.92 Å². The molecular formula is C14H14N4O. The third-order valence-electron chi connectivity index (χ3n) is 2.84. The smallest absolute Gasteiger partial charge is 0.255 e. The summed E-state index contributed by atoms with van der Waals surface area (Å²) in [5, 5.41) is 8.80. The van der Waals surface area contributed by atoms with E-state index in [2.05, 4.69) is 16.0 Å². The van der Waals surface area contributed by atoms with Crippen LogP contribution in [-0.4, -0.2) is 34.4 Å². The van der Waals surface area contributed by atoms with E-state index in [9.17, 15) is 4.79 Å². The van der Waals surface area contributed by atoms with Gasteiger partial charge in [0.15, 0.2) is 0 Å². The van der Waals surface area contributed by atoms with Crippen LogP contribution in [0.1, 0.15) is 17.3 Å². The van der Waals surface area contributed by atoms with Gasteiger partial charge in [0.1, 0.15) is 5.52 Å². The number of fused-ring (bicyclic) bond motifs is 1. The van der Waals surface area contributed by atoms with Crippen LogP contribution >= 0.6 is 0 Å². The molecule has 1 amide bonds. The molecule has 0 bridgehead atoms. The lowest BCUT2D eigenvalue weighted by molar-refractivity contribution is 0.0787. The van der Waals surface area contributed by atoms with Gasteiger partial charge in [-0.15, -0.1) is 0 Å². The van der Waals surface area contributed by atoms with E-state index in [1.807, 2.05) is 6.07 Å². The lowest BCUT2D eigenvalue weighted by Crippen LogP contribution is -2.30. The third-order valence-corrected chi connectivity index (χ3v) is 2.84. The first kappa shape index (κ1) is 13.0. The van der Waals surface area contributed by atoms with Gasteiger partial charge < -0.3 is 4.90 Å². The van der Waals surface area contributed by atoms with Crippen LogP contribution in [0.2, 0.25) is 0 Å². The highest BCUT2D eigenvalue weighted by atomic mass is 16.2. The zero-order valence-corrected chi connectivity index (χ0v) is 10.9. The Balaban J connectivity index is 2.34. The second kappa shape index (κ2) is 5.44. The summed E-state index contributed by atoms with van der Waals surface area (Å²) in [5.74, 6) is -0.344. The lowest BCUT2D eigenvalue weighted by Gasteiger charge is -2.18. The average molecular weight is 254 g/mol. The van der Waals surface area contributed by atoms with Crippen molar-refractivity contribution in [1.82, 2.24) is 14.9 Å². The van der Waals surface area contributed by atoms with Crippen molar-refractivity contribution in [3.8, 4) is 6.07 Å². The van der Waals surface area contributed by atoms with Crippen LogP contribution < -0.4 is 0 Å². The molecule has 0 radical (unpaired) electrons. The van der Waals surface area contributed by atoms with Crippen LogP contribution in [-0.2, 0) is 0 Å². The number of para-hydroxylation sites is 1. The Labute approximate surface area is 111 Å². The number of nitriles is 1. The second-order valence-electron chi connectivity index (χ2n) is 4.45. The molecule has 0 N–H and O–H groups in total. The Hall–Kier alpha value is -2.48. The van der Waals surface area contributed by atoms with E-state index in [-0.39, 0.29) is 11.8 Å². The van der Waals surface area contributed by atoms with Gasteiger partial charge in [0, 0.05) is 26.0 Å². The number of carbonyl (C=O) groups is 1. The maximum atomic E-state index is 12.4. The molecule has 0 aliphatic rings. The Bertz CT molecular complexity index is 642. The summed E-state index contributed by atoms with van der Waals surface area (Å²) in [5.41, 5.74) is 1.79. The van der Waals surface area contributed by atoms with Crippen molar-refractivity contribution in [2.45, 2.75) is 6.92 Å². The van der Waals surface area contributed by atoms with Gasteiger partial charge in [-0.05, 0) is 19.1 Å². The first-order valence-corrected chi connectivity index (χ1v) is 5.98. The summed E-state index contributed by atoms with van der Waals surface area (Å²) < 4.78 is 0. The number of amides is 1. The topological polar surface area (TPSA) is 69.9 Å². The van der Waals surface area contributed by atoms with Crippen LogP contribution in [0, 0.1) is 17.2 Å². The van der Waals surface area contributed by atoms with Gasteiger partial charge in [-0.3, -0.25) is 14.8 Å². The zero-order valence-electron chi connectivity index (χ0n) is 10.9. The maximum absolute atomic E-state index is 12.4. The fourth-order valence-electron chi connectivity index (χ4n) is 1.91. The van der Waals surface area contributed by atoms with Gasteiger partial charge in [0.05, 0.1) is 23.1 Å². The minimum absolute atomic E-state index is 0.145. The average Bonchev–Trinajstić information content (AvgIpc) is 2.45. The normalized spacial score (nSPS) is 11.8. The van der Waals surface area contributed by atoms with E-state index in [1.165, 1.54) is 4.90 Å². The summed E-state index contributed by atoms with van der Waals surface area (Å²) in [6, 6.07) is 7.45. The van der Waals surface area contributed by atoms with E-state index in [1.54, 1.807) is 38.5 Å². The number of benzene rings is 1. The molecule has 1 atom stereocenters. The SMILES string of the molecule is CC(C#N)CN(C)C(=O)c1cccc2nccnc12. The molecule has 2 rings (SSSR count). The Morgan fingerprint density at radius 3 is 2.89 bits per heavy atom. The minimum atomic E-state index is -0.199. The van der Waals surface area contributed by atoms with Gasteiger partial charge in [0.2, 0.25) is 0 Å². The molecule has 0 aliphatic heterocycles. The van der Waals surface area contributed by atoms with E-state index < -0.39 is 0 Å². The minimum Gasteiger partial charge on any atom is -0.340 e. The fourth-order valence-corrected chi connectivity index (χ4v) is 1.91. The number of carbonyl (C=O) groups excluding carboxylic acids is 1. The summed E-state index contributed by atoms with van der Waals surface area (Å²) in [4.78, 5) is 22.3. The van der Waals surface area contributed by atoms with Crippen molar-refractivity contribution >= 4 is 16.9 Å². The monoisotopic (exact) mass is 254 g/mol. The molecule has 19 heavy (non-hydrogen) atoms. The molecule has 0 fully saturated rings. The molecule has 96 valence electrons. The quantitative estimate of drug-likeness (QED) is 0.838. The Morgan fingerprint density at radius 1 is 1.42 bits per heavy atom. The molecule has 5 nitrogen and oxygen atoms in total. The first-order valence-electron chi connectivity index (χ1n) is 5.98. The van der Waals surface area contributed by atoms with E-state index in [0.717, 1.165) is 0 Å². The van der Waals surface area contributed by atoms with Crippen molar-refractivity contribution in [2.75, 3.05) is 13.6 Å². The molecule has 5 heteroatoms. The molecule has 1 unspecified atom stereocenters. The van der Waals surface area contributed by atoms with Crippen molar-refractivity contribution in [3.05, 3.63) is 36.2 Å². The highest BCUT2D eigenvalue weighted by Gasteiger charge is 2.17. The Kier molecular flexibility index (Phi) is 3.71. The van der Waals surface area contributed by atoms with Crippen molar-refractivity contribution < 1.29 is 4.79 Å². The van der Waals surface area contributed by atoms with Crippen LogP contribution in [0.4, 0.5) is 0 Å². The number of aromatic nitrogens is 2. The largest absolute Gasteiger partial charge is 0.340 e. The Morgan fingerprint density at radius 2 is 2.16 bits per heavy atom. The summed E-state index contributed by atoms with van der Waals surface area (Å²) in [6.07, 6.45) is 3.16. The summed E-state index contributed by atoms with van der Waals surface area (Å²) >= 11 is 0. The highest BCUT2D eigenvalue weighted by Crippen LogP contribution is 2.15. The van der Waals surface area contributed by atoms with Crippen LogP contribution in [0.25, 0.3) is 11.0 Å². The summed E-state index contributed by atoms with van der Waals surface area (Å²) in [6.45, 7) is 2.18. The molecule has 0 saturated heterocycles. The van der Waals surface area contributed by atoms with E-state index >= 15 is 0 Å². The van der Waals surface area contributed by atoms with Gasteiger partial charge in [0.25, 0.3) is 5.91 Å². The van der Waals surface area contributed by atoms with Crippen molar-refractivity contribution in [1.29, 1.82) is 5.26 Å². The number of hydrogen-bond donors (Lipinski definition) is 0. The van der Waals surface area contributed by atoms with Crippen molar-refractivity contribution in [3.63, 3.8) is 0 Å². The molecule has 0 saturated carbocycles. The molecule has 0 spiro atoms. The molecule has 0 aliphatic carbocycles. The van der Waals surface area contributed by atoms with Gasteiger partial charge in [-0.1, -0.05) is 6.07 Å². The highest BCUT2D eigenvalue weighted by molar-refractivity contribution is 6.04. The van der Waals surface area contributed by atoms with Crippen LogP contribution in [0.15, 0.2) is 30.6 Å². The number of hydrogen-bond acceptors (Lipinski definition) is 4. The lowest BCUT2D eigenvalue weighted by atomic mass is 10.1. The molecule has 2 aromatic rings. The fraction of sp³-hybridized carbons (Fsp3) is 0.286. The zero-order chi connectivity index (χ0) is 13.8. The molecule has 1 heterocycles. The third kappa shape index (κ3) is 2.68. The summed E-state index contributed by atoms with van der Waals surface area (Å²) in [7, 11) is 1.69. The maximum Gasteiger partial charge on any atom is 0.255 e. The number of nitrogens with zero attached hydrogens (tertiary/aromatic N) is 4. The van der Waals surface area contributed by atoms with Gasteiger partial charge in [-0.25, -0.2) is 0 Å². The van der Waals surface area contributed by atoms with Gasteiger partial charge in [-0.2, -0.15) is 5.26 Å². The van der Waals surface area contributed by atoms with Crippen LogP contribution in [0.5, 0.6) is 0 Å².